The first kappa shape index (κ1) is 11.6. The molecule has 2 rings (SSSR count). The van der Waals surface area contributed by atoms with Crippen LogP contribution in [0.2, 0.25) is 0 Å². The van der Waals surface area contributed by atoms with Gasteiger partial charge < -0.3 is 9.52 Å². The van der Waals surface area contributed by atoms with Crippen LogP contribution >= 0.6 is 0 Å². The average molecular weight is 245 g/mol. The minimum Gasteiger partial charge on any atom is -0.466 e. The predicted molar refractivity (Wildman–Crippen MR) is 58.2 cm³/mol. The lowest BCUT2D eigenvalue weighted by Crippen LogP contribution is -2.39. The van der Waals surface area contributed by atoms with Crippen molar-refractivity contribution in [3.63, 3.8) is 0 Å². The second-order valence-corrected chi connectivity index (χ2v) is 6.36. The highest BCUT2D eigenvalue weighted by Gasteiger charge is 2.37. The molecule has 1 aliphatic carbocycles. The van der Waals surface area contributed by atoms with E-state index in [1.165, 1.54) is 13.2 Å². The zero-order chi connectivity index (χ0) is 11.8. The van der Waals surface area contributed by atoms with E-state index in [2.05, 4.69) is 4.72 Å². The van der Waals surface area contributed by atoms with E-state index in [-0.39, 0.29) is 11.8 Å². The molecule has 1 aliphatic rings. The van der Waals surface area contributed by atoms with Gasteiger partial charge in [-0.15, -0.1) is 0 Å². The van der Waals surface area contributed by atoms with Gasteiger partial charge in [0.05, 0.1) is 11.5 Å². The molecule has 1 saturated carbocycles. The molecular weight excluding hydrogens is 230 g/mol. The van der Waals surface area contributed by atoms with E-state index in [0.29, 0.717) is 18.6 Å². The molecule has 5 nitrogen and oxygen atoms in total. The first-order valence-corrected chi connectivity index (χ1v) is 6.71. The SMILES string of the molecule is CC(O)(CNS(=O)(=O)C1CC1)c1ccco1. The summed E-state index contributed by atoms with van der Waals surface area (Å²) in [5.41, 5.74) is -1.31. The highest BCUT2D eigenvalue weighted by molar-refractivity contribution is 7.90. The number of aliphatic hydroxyl groups is 1. The van der Waals surface area contributed by atoms with Crippen LogP contribution in [0.4, 0.5) is 0 Å². The maximum Gasteiger partial charge on any atom is 0.214 e. The molecule has 90 valence electrons. The highest BCUT2D eigenvalue weighted by atomic mass is 32.2. The van der Waals surface area contributed by atoms with E-state index in [1.807, 2.05) is 0 Å². The third kappa shape index (κ3) is 2.45. The summed E-state index contributed by atoms with van der Waals surface area (Å²) in [6.45, 7) is 1.45. The van der Waals surface area contributed by atoms with Crippen LogP contribution in [0.5, 0.6) is 0 Å². The number of rotatable bonds is 5. The van der Waals surface area contributed by atoms with Crippen LogP contribution in [0.25, 0.3) is 0 Å². The second-order valence-electron chi connectivity index (χ2n) is 4.32. The van der Waals surface area contributed by atoms with Crippen molar-refractivity contribution in [2.24, 2.45) is 0 Å². The fourth-order valence-corrected chi connectivity index (χ4v) is 2.88. The lowest BCUT2D eigenvalue weighted by molar-refractivity contribution is 0.0395. The molecule has 1 aromatic heterocycles. The molecule has 0 spiro atoms. The van der Waals surface area contributed by atoms with Crippen LogP contribution in [0.15, 0.2) is 22.8 Å². The van der Waals surface area contributed by atoms with Crippen LogP contribution in [0, 0.1) is 0 Å². The van der Waals surface area contributed by atoms with Crippen molar-refractivity contribution >= 4 is 10.0 Å². The van der Waals surface area contributed by atoms with E-state index in [1.54, 1.807) is 12.1 Å². The molecule has 1 unspecified atom stereocenters. The zero-order valence-corrected chi connectivity index (χ0v) is 9.83. The van der Waals surface area contributed by atoms with Gasteiger partial charge in [0.25, 0.3) is 0 Å². The Morgan fingerprint density at radius 3 is 2.81 bits per heavy atom. The van der Waals surface area contributed by atoms with E-state index >= 15 is 0 Å². The average Bonchev–Trinajstić information content (AvgIpc) is 2.92. The van der Waals surface area contributed by atoms with Gasteiger partial charge >= 0.3 is 0 Å². The molecule has 0 bridgehead atoms. The van der Waals surface area contributed by atoms with Crippen molar-refractivity contribution < 1.29 is 17.9 Å². The third-order valence-corrected chi connectivity index (χ3v) is 4.53. The van der Waals surface area contributed by atoms with Gasteiger partial charge in [-0.1, -0.05) is 0 Å². The monoisotopic (exact) mass is 245 g/mol. The number of hydrogen-bond donors (Lipinski definition) is 2. The molecule has 1 fully saturated rings. The lowest BCUT2D eigenvalue weighted by atomic mass is 10.1. The van der Waals surface area contributed by atoms with Crippen molar-refractivity contribution in [2.45, 2.75) is 30.6 Å². The van der Waals surface area contributed by atoms with Crippen LogP contribution < -0.4 is 4.72 Å². The van der Waals surface area contributed by atoms with E-state index in [4.69, 9.17) is 4.42 Å². The molecule has 1 aromatic rings. The summed E-state index contributed by atoms with van der Waals surface area (Å²) in [5, 5.41) is 9.74. The minimum atomic E-state index is -3.26. The highest BCUT2D eigenvalue weighted by Crippen LogP contribution is 2.28. The molecular formula is C10H15NO4S. The Labute approximate surface area is 94.5 Å². The Morgan fingerprint density at radius 1 is 1.62 bits per heavy atom. The van der Waals surface area contributed by atoms with Gasteiger partial charge in [0.15, 0.2) is 0 Å². The lowest BCUT2D eigenvalue weighted by Gasteiger charge is -2.21. The maximum atomic E-state index is 11.6. The maximum absolute atomic E-state index is 11.6. The van der Waals surface area contributed by atoms with Crippen molar-refractivity contribution in [1.29, 1.82) is 0 Å². The molecule has 6 heteroatoms. The smallest absolute Gasteiger partial charge is 0.214 e. The third-order valence-electron chi connectivity index (χ3n) is 2.63. The van der Waals surface area contributed by atoms with Crippen molar-refractivity contribution in [1.82, 2.24) is 4.72 Å². The summed E-state index contributed by atoms with van der Waals surface area (Å²) >= 11 is 0. The van der Waals surface area contributed by atoms with E-state index in [0.717, 1.165) is 0 Å². The molecule has 0 saturated heterocycles. The van der Waals surface area contributed by atoms with Gasteiger partial charge in [0.2, 0.25) is 10.0 Å². The van der Waals surface area contributed by atoms with Crippen LogP contribution in [-0.2, 0) is 15.6 Å². The standard InChI is InChI=1S/C10H15NO4S/c1-10(12,9-3-2-6-15-9)7-11-16(13,14)8-4-5-8/h2-3,6,8,11-12H,4-5,7H2,1H3. The predicted octanol–water partition coefficient (Wildman–Crippen LogP) is 0.569. The number of hydrogen-bond acceptors (Lipinski definition) is 4. The summed E-state index contributed by atoms with van der Waals surface area (Å²) < 4.78 is 30.6. The van der Waals surface area contributed by atoms with Gasteiger partial charge in [-0.3, -0.25) is 0 Å². The quantitative estimate of drug-likeness (QED) is 0.794. The topological polar surface area (TPSA) is 79.5 Å². The Kier molecular flexibility index (Phi) is 2.81. The molecule has 1 atom stereocenters. The normalized spacial score (nSPS) is 20.6. The fraction of sp³-hybridized carbons (Fsp3) is 0.600. The Morgan fingerprint density at radius 2 is 2.31 bits per heavy atom. The van der Waals surface area contributed by atoms with Gasteiger partial charge in [0, 0.05) is 6.54 Å². The number of furan rings is 1. The molecule has 2 N–H and O–H groups in total. The summed E-state index contributed by atoms with van der Waals surface area (Å²) in [5.74, 6) is 0.353. The summed E-state index contributed by atoms with van der Waals surface area (Å²) in [6, 6.07) is 3.27. The van der Waals surface area contributed by atoms with Gasteiger partial charge in [-0.05, 0) is 31.9 Å². The van der Waals surface area contributed by atoms with Crippen LogP contribution in [-0.4, -0.2) is 25.3 Å². The van der Waals surface area contributed by atoms with E-state index < -0.39 is 15.6 Å². The Bertz CT molecular complexity index is 445. The summed E-state index contributed by atoms with van der Waals surface area (Å²) in [7, 11) is -3.26. The minimum absolute atomic E-state index is 0.0701. The largest absolute Gasteiger partial charge is 0.466 e. The first-order chi connectivity index (χ1) is 7.42. The van der Waals surface area contributed by atoms with Crippen molar-refractivity contribution in [3.8, 4) is 0 Å². The van der Waals surface area contributed by atoms with Gasteiger partial charge in [0.1, 0.15) is 11.4 Å². The summed E-state index contributed by atoms with van der Waals surface area (Å²) in [4.78, 5) is 0. The van der Waals surface area contributed by atoms with Gasteiger partial charge in [-0.2, -0.15) is 0 Å². The van der Waals surface area contributed by atoms with Crippen molar-refractivity contribution in [3.05, 3.63) is 24.2 Å². The number of nitrogens with one attached hydrogen (secondary N) is 1. The van der Waals surface area contributed by atoms with Gasteiger partial charge in [-0.25, -0.2) is 13.1 Å². The molecule has 0 aliphatic heterocycles. The molecule has 0 aromatic carbocycles. The van der Waals surface area contributed by atoms with Crippen LogP contribution in [0.1, 0.15) is 25.5 Å². The van der Waals surface area contributed by atoms with Crippen LogP contribution in [0.3, 0.4) is 0 Å². The Hall–Kier alpha value is -0.850. The molecule has 16 heavy (non-hydrogen) atoms. The first-order valence-electron chi connectivity index (χ1n) is 5.17. The Balaban J connectivity index is 1.99. The van der Waals surface area contributed by atoms with E-state index in [9.17, 15) is 13.5 Å². The molecule has 0 amide bonds. The van der Waals surface area contributed by atoms with Crippen molar-refractivity contribution in [2.75, 3.05) is 6.54 Å². The molecule has 1 heterocycles. The second kappa shape index (κ2) is 3.87. The summed E-state index contributed by atoms with van der Waals surface area (Å²) in [6.07, 6.45) is 2.86. The fourth-order valence-electron chi connectivity index (χ4n) is 1.41. The molecule has 0 radical (unpaired) electrons. The zero-order valence-electron chi connectivity index (χ0n) is 9.01. The number of sulfonamides is 1.